The Hall–Kier alpha value is -4.41. The molecule has 0 fully saturated rings. The fraction of sp³-hybridized carbons (Fsp3) is 0.167. The number of alkyl halides is 3. The number of amides is 2. The number of hydrogen-bond acceptors (Lipinski definition) is 6. The molecule has 3 aromatic rings. The van der Waals surface area contributed by atoms with Gasteiger partial charge in [0.15, 0.2) is 0 Å². The number of urea groups is 1. The van der Waals surface area contributed by atoms with Crippen LogP contribution in [-0.2, 0) is 11.3 Å². The van der Waals surface area contributed by atoms with Crippen molar-refractivity contribution in [3.63, 3.8) is 0 Å². The molecule has 0 aromatic heterocycles. The number of benzene rings is 3. The molecule has 0 heterocycles. The predicted octanol–water partition coefficient (Wildman–Crippen LogP) is 5.49. The Morgan fingerprint density at radius 3 is 2.23 bits per heavy atom. The van der Waals surface area contributed by atoms with Crippen molar-refractivity contribution in [2.45, 2.75) is 12.9 Å². The average Bonchev–Trinajstić information content (AvgIpc) is 2.82. The Labute approximate surface area is 198 Å². The standard InChI is InChI=1S/C24H21F3N2O6/c1-32-21-12-11-18(35-24(25,26)27)13-19(21)29-23(31)28-14-16-5-3-4-6-20(16)34-17-9-7-15(8-10-17)22(30)33-2/h3-13H,14H2,1-2H3,(H2,28,29,31). The number of rotatable bonds is 8. The Morgan fingerprint density at radius 1 is 0.886 bits per heavy atom. The Kier molecular flexibility index (Phi) is 8.03. The molecule has 0 bridgehead atoms. The maximum absolute atomic E-state index is 12.5. The molecule has 0 aliphatic heterocycles. The third-order valence-electron chi connectivity index (χ3n) is 4.57. The summed E-state index contributed by atoms with van der Waals surface area (Å²) < 4.78 is 57.0. The zero-order valence-electron chi connectivity index (χ0n) is 18.6. The van der Waals surface area contributed by atoms with Gasteiger partial charge in [-0.25, -0.2) is 9.59 Å². The normalized spacial score (nSPS) is 10.8. The number of carbonyl (C=O) groups is 2. The minimum absolute atomic E-state index is 0.0121. The van der Waals surface area contributed by atoms with E-state index in [-0.39, 0.29) is 18.0 Å². The van der Waals surface area contributed by atoms with Crippen LogP contribution >= 0.6 is 0 Å². The monoisotopic (exact) mass is 490 g/mol. The first-order chi connectivity index (χ1) is 16.7. The van der Waals surface area contributed by atoms with E-state index < -0.39 is 24.1 Å². The fourth-order valence-corrected chi connectivity index (χ4v) is 2.98. The number of hydrogen-bond donors (Lipinski definition) is 2. The van der Waals surface area contributed by atoms with E-state index in [1.807, 2.05) is 0 Å². The van der Waals surface area contributed by atoms with Crippen molar-refractivity contribution in [1.29, 1.82) is 0 Å². The molecule has 184 valence electrons. The van der Waals surface area contributed by atoms with Crippen LogP contribution in [-0.4, -0.2) is 32.6 Å². The van der Waals surface area contributed by atoms with E-state index in [1.165, 1.54) is 20.3 Å². The number of methoxy groups -OCH3 is 2. The molecule has 3 rings (SSSR count). The Morgan fingerprint density at radius 2 is 1.57 bits per heavy atom. The van der Waals surface area contributed by atoms with Crippen LogP contribution < -0.4 is 24.8 Å². The summed E-state index contributed by atoms with van der Waals surface area (Å²) in [7, 11) is 2.60. The van der Waals surface area contributed by atoms with Crippen LogP contribution in [0.25, 0.3) is 0 Å². The number of carbonyl (C=O) groups excluding carboxylic acids is 2. The molecule has 3 aromatic carbocycles. The average molecular weight is 490 g/mol. The van der Waals surface area contributed by atoms with Crippen LogP contribution in [0.1, 0.15) is 15.9 Å². The van der Waals surface area contributed by atoms with Gasteiger partial charge in [0.25, 0.3) is 0 Å². The second-order valence-electron chi connectivity index (χ2n) is 6.94. The number of anilines is 1. The molecule has 0 radical (unpaired) electrons. The zero-order valence-corrected chi connectivity index (χ0v) is 18.6. The smallest absolute Gasteiger partial charge is 0.495 e. The first kappa shape index (κ1) is 25.2. The molecule has 0 unspecified atom stereocenters. The van der Waals surface area contributed by atoms with E-state index in [1.54, 1.807) is 48.5 Å². The van der Waals surface area contributed by atoms with Crippen LogP contribution in [0.2, 0.25) is 0 Å². The van der Waals surface area contributed by atoms with Crippen LogP contribution in [0.3, 0.4) is 0 Å². The molecule has 0 aliphatic carbocycles. The van der Waals surface area contributed by atoms with Crippen molar-refractivity contribution < 1.29 is 41.7 Å². The van der Waals surface area contributed by atoms with Crippen molar-refractivity contribution in [3.05, 3.63) is 77.9 Å². The lowest BCUT2D eigenvalue weighted by atomic mass is 10.2. The topological polar surface area (TPSA) is 95.1 Å². The number of para-hydroxylation sites is 1. The van der Waals surface area contributed by atoms with Gasteiger partial charge in [-0.3, -0.25) is 0 Å². The molecule has 2 amide bonds. The van der Waals surface area contributed by atoms with E-state index >= 15 is 0 Å². The van der Waals surface area contributed by atoms with Gasteiger partial charge in [0.2, 0.25) is 0 Å². The second-order valence-corrected chi connectivity index (χ2v) is 6.94. The van der Waals surface area contributed by atoms with Gasteiger partial charge in [0, 0.05) is 18.2 Å². The lowest BCUT2D eigenvalue weighted by Gasteiger charge is -2.15. The molecule has 0 saturated carbocycles. The molecule has 0 aliphatic rings. The third-order valence-corrected chi connectivity index (χ3v) is 4.57. The highest BCUT2D eigenvalue weighted by Crippen LogP contribution is 2.32. The first-order valence-electron chi connectivity index (χ1n) is 10.1. The molecular weight excluding hydrogens is 469 g/mol. The molecule has 0 saturated heterocycles. The van der Waals surface area contributed by atoms with E-state index in [4.69, 9.17) is 9.47 Å². The van der Waals surface area contributed by atoms with Crippen molar-refractivity contribution in [2.24, 2.45) is 0 Å². The highest BCUT2D eigenvalue weighted by molar-refractivity contribution is 5.91. The summed E-state index contributed by atoms with van der Waals surface area (Å²) in [5.41, 5.74) is 0.981. The summed E-state index contributed by atoms with van der Waals surface area (Å²) in [6.07, 6.45) is -4.88. The Bertz CT molecular complexity index is 1180. The molecule has 0 spiro atoms. The minimum atomic E-state index is -4.88. The van der Waals surface area contributed by atoms with Crippen LogP contribution in [0.4, 0.5) is 23.7 Å². The summed E-state index contributed by atoms with van der Waals surface area (Å²) in [5, 5.41) is 5.06. The summed E-state index contributed by atoms with van der Waals surface area (Å²) in [6, 6.07) is 15.9. The van der Waals surface area contributed by atoms with Gasteiger partial charge in [0.1, 0.15) is 23.0 Å². The van der Waals surface area contributed by atoms with Crippen molar-refractivity contribution in [1.82, 2.24) is 5.32 Å². The van der Waals surface area contributed by atoms with Crippen molar-refractivity contribution in [3.8, 4) is 23.0 Å². The SMILES string of the molecule is COC(=O)c1ccc(Oc2ccccc2CNC(=O)Nc2cc(OC(F)(F)F)ccc2OC)cc1. The summed E-state index contributed by atoms with van der Waals surface area (Å²) in [6.45, 7) is 0.0449. The van der Waals surface area contributed by atoms with Gasteiger partial charge in [-0.2, -0.15) is 0 Å². The summed E-state index contributed by atoms with van der Waals surface area (Å²) in [4.78, 5) is 24.0. The lowest BCUT2D eigenvalue weighted by Crippen LogP contribution is -2.28. The van der Waals surface area contributed by atoms with Gasteiger partial charge in [-0.1, -0.05) is 18.2 Å². The number of nitrogens with one attached hydrogen (secondary N) is 2. The number of halogens is 3. The maximum Gasteiger partial charge on any atom is 0.573 e. The largest absolute Gasteiger partial charge is 0.573 e. The minimum Gasteiger partial charge on any atom is -0.495 e. The molecular formula is C24H21F3N2O6. The van der Waals surface area contributed by atoms with Crippen LogP contribution in [0.5, 0.6) is 23.0 Å². The van der Waals surface area contributed by atoms with E-state index in [0.29, 0.717) is 22.6 Å². The van der Waals surface area contributed by atoms with Crippen molar-refractivity contribution >= 4 is 17.7 Å². The van der Waals surface area contributed by atoms with Crippen LogP contribution in [0.15, 0.2) is 66.7 Å². The van der Waals surface area contributed by atoms with E-state index in [0.717, 1.165) is 12.1 Å². The summed E-state index contributed by atoms with van der Waals surface area (Å²) in [5.74, 6) is 0.0798. The highest BCUT2D eigenvalue weighted by atomic mass is 19.4. The van der Waals surface area contributed by atoms with E-state index in [2.05, 4.69) is 20.1 Å². The summed E-state index contributed by atoms with van der Waals surface area (Å²) >= 11 is 0. The van der Waals surface area contributed by atoms with Crippen LogP contribution in [0, 0.1) is 0 Å². The van der Waals surface area contributed by atoms with Gasteiger partial charge in [-0.05, 0) is 42.5 Å². The molecule has 0 atom stereocenters. The predicted molar refractivity (Wildman–Crippen MR) is 120 cm³/mol. The number of ether oxygens (including phenoxy) is 4. The first-order valence-corrected chi connectivity index (χ1v) is 10.1. The van der Waals surface area contributed by atoms with Gasteiger partial charge in [0.05, 0.1) is 25.5 Å². The third kappa shape index (κ3) is 7.29. The molecule has 35 heavy (non-hydrogen) atoms. The van der Waals surface area contributed by atoms with Crippen molar-refractivity contribution in [2.75, 3.05) is 19.5 Å². The molecule has 8 nitrogen and oxygen atoms in total. The number of esters is 1. The zero-order chi connectivity index (χ0) is 25.4. The quantitative estimate of drug-likeness (QED) is 0.405. The lowest BCUT2D eigenvalue weighted by molar-refractivity contribution is -0.274. The van der Waals surface area contributed by atoms with E-state index in [9.17, 15) is 22.8 Å². The Balaban J connectivity index is 1.66. The van der Waals surface area contributed by atoms with Gasteiger partial charge >= 0.3 is 18.4 Å². The fourth-order valence-electron chi connectivity index (χ4n) is 2.98. The van der Waals surface area contributed by atoms with Gasteiger partial charge < -0.3 is 29.6 Å². The molecule has 2 N–H and O–H groups in total. The maximum atomic E-state index is 12.5. The highest BCUT2D eigenvalue weighted by Gasteiger charge is 2.31. The second kappa shape index (κ2) is 11.1. The van der Waals surface area contributed by atoms with Gasteiger partial charge in [-0.15, -0.1) is 13.2 Å². The molecule has 11 heteroatoms.